The molecular formula is C21H17Br2N. The minimum absolute atomic E-state index is 0.0220. The van der Waals surface area contributed by atoms with Gasteiger partial charge in [-0.25, -0.2) is 0 Å². The average molecular weight is 443 g/mol. The van der Waals surface area contributed by atoms with Crippen LogP contribution in [0, 0.1) is 0 Å². The Kier molecular flexibility index (Phi) is 2.90. The molecule has 2 aromatic carbocycles. The van der Waals surface area contributed by atoms with Gasteiger partial charge in [-0.1, -0.05) is 76.1 Å². The van der Waals surface area contributed by atoms with Gasteiger partial charge >= 0.3 is 0 Å². The lowest BCUT2D eigenvalue weighted by Crippen LogP contribution is -2.32. The van der Waals surface area contributed by atoms with Crippen molar-refractivity contribution in [1.29, 1.82) is 0 Å². The number of alkyl halides is 1. The zero-order chi connectivity index (χ0) is 16.7. The first kappa shape index (κ1) is 15.0. The molecule has 0 saturated carbocycles. The number of anilines is 2. The molecule has 2 heterocycles. The number of nitrogens with zero attached hydrogens (tertiary/aromatic N) is 1. The van der Waals surface area contributed by atoms with Crippen LogP contribution < -0.4 is 4.90 Å². The van der Waals surface area contributed by atoms with Gasteiger partial charge in [0.05, 0.1) is 10.0 Å². The molecule has 0 amide bonds. The number of hydrogen-bond donors (Lipinski definition) is 0. The molecular weight excluding hydrogens is 426 g/mol. The van der Waals surface area contributed by atoms with Gasteiger partial charge in [-0.2, -0.15) is 0 Å². The van der Waals surface area contributed by atoms with Crippen molar-refractivity contribution in [3.63, 3.8) is 0 Å². The zero-order valence-corrected chi connectivity index (χ0v) is 16.8. The van der Waals surface area contributed by atoms with E-state index in [1.165, 1.54) is 33.8 Å². The summed E-state index contributed by atoms with van der Waals surface area (Å²) < 4.78 is 1.02. The number of allylic oxidation sites excluding steroid dienone is 4. The van der Waals surface area contributed by atoms with Crippen LogP contribution in [-0.2, 0) is 9.74 Å². The van der Waals surface area contributed by atoms with Crippen LogP contribution in [0.4, 0.5) is 11.4 Å². The van der Waals surface area contributed by atoms with E-state index < -0.39 is 0 Å². The van der Waals surface area contributed by atoms with E-state index in [9.17, 15) is 0 Å². The van der Waals surface area contributed by atoms with E-state index in [0.29, 0.717) is 0 Å². The van der Waals surface area contributed by atoms with Crippen molar-refractivity contribution in [3.8, 4) is 0 Å². The maximum atomic E-state index is 4.11. The number of hydrogen-bond acceptors (Lipinski definition) is 1. The molecule has 0 aromatic heterocycles. The van der Waals surface area contributed by atoms with Gasteiger partial charge < -0.3 is 4.90 Å². The van der Waals surface area contributed by atoms with Gasteiger partial charge in [0.15, 0.2) is 0 Å². The van der Waals surface area contributed by atoms with Crippen molar-refractivity contribution in [3.05, 3.63) is 81.5 Å². The fourth-order valence-corrected chi connectivity index (χ4v) is 5.71. The summed E-state index contributed by atoms with van der Waals surface area (Å²) in [6.45, 7) is 4.67. The summed E-state index contributed by atoms with van der Waals surface area (Å²) in [5, 5.41) is 0. The van der Waals surface area contributed by atoms with Gasteiger partial charge in [-0.05, 0) is 41.8 Å². The van der Waals surface area contributed by atoms with Crippen LogP contribution in [0.1, 0.15) is 37.0 Å². The number of fused-ring (bicyclic) bond motifs is 5. The molecule has 120 valence electrons. The molecule has 1 aliphatic carbocycles. The van der Waals surface area contributed by atoms with Crippen LogP contribution in [0.2, 0.25) is 0 Å². The quantitative estimate of drug-likeness (QED) is 0.411. The topological polar surface area (TPSA) is 3.24 Å². The van der Waals surface area contributed by atoms with Crippen molar-refractivity contribution in [2.24, 2.45) is 0 Å². The van der Waals surface area contributed by atoms with Gasteiger partial charge in [0.25, 0.3) is 0 Å². The van der Waals surface area contributed by atoms with Crippen LogP contribution >= 0.6 is 31.9 Å². The van der Waals surface area contributed by atoms with E-state index in [1.54, 1.807) is 0 Å². The van der Waals surface area contributed by atoms with Crippen molar-refractivity contribution >= 4 is 43.2 Å². The Morgan fingerprint density at radius 3 is 2.62 bits per heavy atom. The van der Waals surface area contributed by atoms with Crippen LogP contribution in [-0.4, -0.2) is 0 Å². The predicted molar refractivity (Wildman–Crippen MR) is 107 cm³/mol. The highest BCUT2D eigenvalue weighted by molar-refractivity contribution is 9.10. The Morgan fingerprint density at radius 1 is 1.04 bits per heavy atom. The van der Waals surface area contributed by atoms with Crippen molar-refractivity contribution in [2.45, 2.75) is 30.0 Å². The summed E-state index contributed by atoms with van der Waals surface area (Å²) in [6, 6.07) is 13.4. The third-order valence-electron chi connectivity index (χ3n) is 5.65. The molecule has 5 rings (SSSR count). The van der Waals surface area contributed by atoms with Crippen LogP contribution in [0.5, 0.6) is 0 Å². The second-order valence-corrected chi connectivity index (χ2v) is 9.58. The van der Waals surface area contributed by atoms with Crippen molar-refractivity contribution < 1.29 is 0 Å². The third kappa shape index (κ3) is 1.65. The minimum atomic E-state index is -0.136. The molecule has 3 heteroatoms. The third-order valence-corrected chi connectivity index (χ3v) is 7.27. The zero-order valence-electron chi connectivity index (χ0n) is 13.6. The molecule has 1 unspecified atom stereocenters. The Hall–Kier alpha value is -1.32. The largest absolute Gasteiger partial charge is 0.311 e. The smallest absolute Gasteiger partial charge is 0.0964 e. The summed E-state index contributed by atoms with van der Waals surface area (Å²) in [7, 11) is 0. The fourth-order valence-electron chi connectivity index (χ4n) is 4.46. The summed E-state index contributed by atoms with van der Waals surface area (Å²) in [5.74, 6) is 0. The van der Waals surface area contributed by atoms with Crippen molar-refractivity contribution in [1.82, 2.24) is 0 Å². The molecule has 2 aliphatic heterocycles. The number of para-hydroxylation sites is 1. The summed E-state index contributed by atoms with van der Waals surface area (Å²) in [5.41, 5.74) is 8.10. The second kappa shape index (κ2) is 4.64. The highest BCUT2D eigenvalue weighted by Gasteiger charge is 2.51. The SMILES string of the molecule is CC1(C)c2ccccc2N2C3=CC=CCC3(Br)c3cc(Br)cc1c32. The summed E-state index contributed by atoms with van der Waals surface area (Å²) >= 11 is 7.86. The molecule has 1 atom stereocenters. The highest BCUT2D eigenvalue weighted by atomic mass is 79.9. The fraction of sp³-hybridized carbons (Fsp3) is 0.238. The molecule has 2 aromatic rings. The molecule has 0 spiro atoms. The van der Waals surface area contributed by atoms with Gasteiger partial charge in [0.2, 0.25) is 0 Å². The molecule has 0 bridgehead atoms. The number of benzene rings is 2. The summed E-state index contributed by atoms with van der Waals surface area (Å²) in [6.07, 6.45) is 7.66. The molecule has 0 fully saturated rings. The summed E-state index contributed by atoms with van der Waals surface area (Å²) in [4.78, 5) is 2.47. The molecule has 0 N–H and O–H groups in total. The minimum Gasteiger partial charge on any atom is -0.311 e. The maximum Gasteiger partial charge on any atom is 0.0964 e. The lowest BCUT2D eigenvalue weighted by atomic mass is 9.73. The van der Waals surface area contributed by atoms with Gasteiger partial charge in [-0.3, -0.25) is 0 Å². The predicted octanol–water partition coefficient (Wildman–Crippen LogP) is 6.67. The first-order valence-electron chi connectivity index (χ1n) is 8.25. The van der Waals surface area contributed by atoms with Gasteiger partial charge in [0, 0.05) is 26.8 Å². The van der Waals surface area contributed by atoms with E-state index in [1.807, 2.05) is 0 Å². The van der Waals surface area contributed by atoms with E-state index in [0.717, 1.165) is 10.9 Å². The number of halogens is 2. The molecule has 24 heavy (non-hydrogen) atoms. The molecule has 0 saturated heterocycles. The standard InChI is InChI=1S/C21H17Br2N/c1-20(2)14-7-3-4-8-17(14)24-18-9-5-6-10-21(18,23)16-12-13(22)11-15(20)19(16)24/h3-9,11-12H,10H2,1-2H3. The van der Waals surface area contributed by atoms with E-state index in [-0.39, 0.29) is 9.74 Å². The Bertz CT molecular complexity index is 954. The molecule has 1 nitrogen and oxygen atoms in total. The average Bonchev–Trinajstić information content (AvgIpc) is 2.82. The second-order valence-electron chi connectivity index (χ2n) is 7.31. The van der Waals surface area contributed by atoms with E-state index in [2.05, 4.69) is 105 Å². The molecule has 0 radical (unpaired) electrons. The van der Waals surface area contributed by atoms with Gasteiger partial charge in [0.1, 0.15) is 0 Å². The van der Waals surface area contributed by atoms with Crippen LogP contribution in [0.3, 0.4) is 0 Å². The Labute approximate surface area is 159 Å². The van der Waals surface area contributed by atoms with Crippen molar-refractivity contribution in [2.75, 3.05) is 4.90 Å². The Balaban J connectivity index is 1.96. The van der Waals surface area contributed by atoms with Crippen LogP contribution in [0.15, 0.2) is 64.8 Å². The van der Waals surface area contributed by atoms with E-state index in [4.69, 9.17) is 0 Å². The first-order chi connectivity index (χ1) is 11.4. The normalized spacial score (nSPS) is 25.0. The monoisotopic (exact) mass is 441 g/mol. The maximum absolute atomic E-state index is 4.11. The van der Waals surface area contributed by atoms with Crippen LogP contribution in [0.25, 0.3) is 0 Å². The lowest BCUT2D eigenvalue weighted by Gasteiger charge is -2.41. The Morgan fingerprint density at radius 2 is 1.79 bits per heavy atom. The molecule has 3 aliphatic rings. The number of rotatable bonds is 0. The highest BCUT2D eigenvalue weighted by Crippen LogP contribution is 2.64. The van der Waals surface area contributed by atoms with Gasteiger partial charge in [-0.15, -0.1) is 0 Å². The first-order valence-corrected chi connectivity index (χ1v) is 9.83. The van der Waals surface area contributed by atoms with E-state index >= 15 is 0 Å². The lowest BCUT2D eigenvalue weighted by molar-refractivity contribution is 0.631.